The van der Waals surface area contributed by atoms with Crippen molar-refractivity contribution in [3.05, 3.63) is 29.8 Å². The molecule has 3 heteroatoms. The molecule has 1 N–H and O–H groups in total. The van der Waals surface area contributed by atoms with Crippen LogP contribution in [0.5, 0.6) is 0 Å². The molecule has 0 aliphatic heterocycles. The summed E-state index contributed by atoms with van der Waals surface area (Å²) in [7, 11) is -1.11. The minimum Gasteiger partial charge on any atom is -0.392 e. The molecule has 0 heterocycles. The highest BCUT2D eigenvalue weighted by Crippen LogP contribution is 2.30. The summed E-state index contributed by atoms with van der Waals surface area (Å²) in [6.07, 6.45) is 6.74. The number of aliphatic hydroxyl groups excluding tert-OH is 1. The van der Waals surface area contributed by atoms with Gasteiger partial charge in [0.15, 0.2) is 0 Å². The molecule has 2 nitrogen and oxygen atoms in total. The summed E-state index contributed by atoms with van der Waals surface area (Å²) in [6.45, 7) is 3.81. The zero-order chi connectivity index (χ0) is 14.5. The lowest BCUT2D eigenvalue weighted by Crippen LogP contribution is -2.31. The monoisotopic (exact) mass is 294 g/mol. The van der Waals surface area contributed by atoms with E-state index < -0.39 is 16.9 Å². The van der Waals surface area contributed by atoms with Gasteiger partial charge in [-0.15, -0.1) is 0 Å². The van der Waals surface area contributed by atoms with Crippen LogP contribution in [0.3, 0.4) is 0 Å². The third-order valence-electron chi connectivity index (χ3n) is 4.36. The molecule has 0 aromatic heterocycles. The van der Waals surface area contributed by atoms with Gasteiger partial charge in [-0.25, -0.2) is 0 Å². The van der Waals surface area contributed by atoms with Gasteiger partial charge in [0.25, 0.3) is 0 Å². The highest BCUT2D eigenvalue weighted by molar-refractivity contribution is 7.85. The first-order valence-corrected chi connectivity index (χ1v) is 8.94. The van der Waals surface area contributed by atoms with Crippen molar-refractivity contribution in [2.24, 2.45) is 5.92 Å². The fourth-order valence-electron chi connectivity index (χ4n) is 3.06. The summed E-state index contributed by atoms with van der Waals surface area (Å²) in [5, 5.41) is 9.90. The van der Waals surface area contributed by atoms with Crippen LogP contribution in [-0.4, -0.2) is 20.7 Å². The van der Waals surface area contributed by atoms with Crippen molar-refractivity contribution in [2.75, 3.05) is 0 Å². The van der Waals surface area contributed by atoms with E-state index >= 15 is 0 Å². The number of aliphatic hydroxyl groups is 1. The van der Waals surface area contributed by atoms with Crippen molar-refractivity contribution < 1.29 is 9.32 Å². The molecule has 0 saturated heterocycles. The Kier molecular flexibility index (Phi) is 5.79. The van der Waals surface area contributed by atoms with Crippen molar-refractivity contribution in [3.8, 4) is 0 Å². The zero-order valence-corrected chi connectivity index (χ0v) is 13.4. The average Bonchev–Trinajstić information content (AvgIpc) is 2.45. The maximum Gasteiger partial charge on any atom is 0.0659 e. The molecule has 1 fully saturated rings. The molecule has 0 amide bonds. The lowest BCUT2D eigenvalue weighted by Gasteiger charge is -2.27. The van der Waals surface area contributed by atoms with Gasteiger partial charge in [0, 0.05) is 4.90 Å². The molecule has 0 bridgehead atoms. The van der Waals surface area contributed by atoms with Gasteiger partial charge in [-0.2, -0.15) is 0 Å². The van der Waals surface area contributed by atoms with Crippen molar-refractivity contribution in [3.63, 3.8) is 0 Å². The van der Waals surface area contributed by atoms with E-state index in [0.29, 0.717) is 5.92 Å². The summed E-state index contributed by atoms with van der Waals surface area (Å²) >= 11 is 0. The van der Waals surface area contributed by atoms with Gasteiger partial charge in [-0.1, -0.05) is 49.8 Å². The zero-order valence-electron chi connectivity index (χ0n) is 12.5. The Morgan fingerprint density at radius 1 is 1.20 bits per heavy atom. The summed E-state index contributed by atoms with van der Waals surface area (Å²) in [4.78, 5) is 0.845. The van der Waals surface area contributed by atoms with E-state index in [4.69, 9.17) is 0 Å². The molecule has 2 rings (SSSR count). The Labute approximate surface area is 125 Å². The minimum atomic E-state index is -1.11. The van der Waals surface area contributed by atoms with Crippen LogP contribution in [-0.2, 0) is 10.8 Å². The Balaban J connectivity index is 2.07. The molecular weight excluding hydrogens is 268 g/mol. The Morgan fingerprint density at radius 3 is 2.35 bits per heavy atom. The van der Waals surface area contributed by atoms with E-state index in [1.54, 1.807) is 6.92 Å². The maximum absolute atomic E-state index is 12.7. The summed E-state index contributed by atoms with van der Waals surface area (Å²) in [5.74, 6) is 0.637. The third-order valence-corrected chi connectivity index (χ3v) is 6.23. The second-order valence-electron chi connectivity index (χ2n) is 6.13. The molecule has 112 valence electrons. The topological polar surface area (TPSA) is 37.3 Å². The fourth-order valence-corrected chi connectivity index (χ4v) is 4.62. The lowest BCUT2D eigenvalue weighted by molar-refractivity contribution is 0.172. The number of hydrogen-bond donors (Lipinski definition) is 1. The molecule has 0 radical (unpaired) electrons. The highest BCUT2D eigenvalue weighted by atomic mass is 32.2. The molecule has 1 aromatic rings. The van der Waals surface area contributed by atoms with E-state index in [0.717, 1.165) is 11.3 Å². The number of aryl methyl sites for hydroxylation is 1. The van der Waals surface area contributed by atoms with E-state index in [-0.39, 0.29) is 5.25 Å². The molecule has 1 unspecified atom stereocenters. The van der Waals surface area contributed by atoms with E-state index in [1.165, 1.54) is 37.7 Å². The minimum absolute atomic E-state index is 0.138. The van der Waals surface area contributed by atoms with E-state index in [1.807, 2.05) is 31.2 Å². The standard InChI is InChI=1S/C17H26O2S/c1-13-8-10-16(11-9-13)20(19)17(14(2)18)12-15-6-4-3-5-7-15/h8-11,14-15,17-18H,3-7,12H2,1-2H3/t14-,17+,20?/m0/s1. The molecule has 1 aliphatic rings. The molecule has 3 atom stereocenters. The molecule has 1 saturated carbocycles. The highest BCUT2D eigenvalue weighted by Gasteiger charge is 2.27. The normalized spacial score (nSPS) is 21.4. The predicted octanol–water partition coefficient (Wildman–Crippen LogP) is 3.82. The van der Waals surface area contributed by atoms with Gasteiger partial charge in [0.2, 0.25) is 0 Å². The van der Waals surface area contributed by atoms with Crippen molar-refractivity contribution >= 4 is 10.8 Å². The van der Waals surface area contributed by atoms with Crippen LogP contribution >= 0.6 is 0 Å². The first kappa shape index (κ1) is 15.7. The molecular formula is C17H26O2S. The van der Waals surface area contributed by atoms with Crippen LogP contribution in [0.15, 0.2) is 29.2 Å². The van der Waals surface area contributed by atoms with Crippen LogP contribution in [0.25, 0.3) is 0 Å². The largest absolute Gasteiger partial charge is 0.392 e. The first-order chi connectivity index (χ1) is 9.58. The van der Waals surface area contributed by atoms with Crippen molar-refractivity contribution in [2.45, 2.75) is 68.6 Å². The quantitative estimate of drug-likeness (QED) is 0.896. The number of benzene rings is 1. The SMILES string of the molecule is Cc1ccc(S(=O)[C@H](CC2CCCCC2)[C@H](C)O)cc1. The maximum atomic E-state index is 12.7. The molecule has 20 heavy (non-hydrogen) atoms. The number of rotatable bonds is 5. The second kappa shape index (κ2) is 7.37. The van der Waals surface area contributed by atoms with Gasteiger partial charge in [-0.05, 0) is 38.3 Å². The van der Waals surface area contributed by atoms with Crippen LogP contribution in [0.2, 0.25) is 0 Å². The first-order valence-electron chi connectivity index (χ1n) is 7.73. The summed E-state index contributed by atoms with van der Waals surface area (Å²) in [5.41, 5.74) is 1.17. The van der Waals surface area contributed by atoms with E-state index in [2.05, 4.69) is 0 Å². The Bertz CT molecular complexity index is 433. The van der Waals surface area contributed by atoms with Crippen LogP contribution in [0, 0.1) is 12.8 Å². The molecule has 1 aliphatic carbocycles. The van der Waals surface area contributed by atoms with Gasteiger partial charge in [0.1, 0.15) is 0 Å². The van der Waals surface area contributed by atoms with Crippen molar-refractivity contribution in [1.29, 1.82) is 0 Å². The van der Waals surface area contributed by atoms with Crippen LogP contribution < -0.4 is 0 Å². The van der Waals surface area contributed by atoms with Crippen LogP contribution in [0.1, 0.15) is 51.0 Å². The molecule has 0 spiro atoms. The average molecular weight is 294 g/mol. The van der Waals surface area contributed by atoms with Gasteiger partial charge >= 0.3 is 0 Å². The van der Waals surface area contributed by atoms with Crippen LogP contribution in [0.4, 0.5) is 0 Å². The third kappa shape index (κ3) is 4.16. The Hall–Kier alpha value is -0.670. The summed E-state index contributed by atoms with van der Waals surface area (Å²) in [6, 6.07) is 7.85. The number of hydrogen-bond acceptors (Lipinski definition) is 2. The van der Waals surface area contributed by atoms with Gasteiger partial charge in [-0.3, -0.25) is 4.21 Å². The lowest BCUT2D eigenvalue weighted by atomic mass is 9.85. The second-order valence-corrected chi connectivity index (χ2v) is 7.80. The fraction of sp³-hybridized carbons (Fsp3) is 0.647. The van der Waals surface area contributed by atoms with E-state index in [9.17, 15) is 9.32 Å². The van der Waals surface area contributed by atoms with Gasteiger partial charge < -0.3 is 5.11 Å². The summed E-state index contributed by atoms with van der Waals surface area (Å²) < 4.78 is 12.7. The smallest absolute Gasteiger partial charge is 0.0659 e. The Morgan fingerprint density at radius 2 is 1.80 bits per heavy atom. The molecule has 1 aromatic carbocycles. The van der Waals surface area contributed by atoms with Gasteiger partial charge in [0.05, 0.1) is 22.2 Å². The van der Waals surface area contributed by atoms with Crippen molar-refractivity contribution in [1.82, 2.24) is 0 Å². The predicted molar refractivity (Wildman–Crippen MR) is 84.2 cm³/mol.